The second-order valence-electron chi connectivity index (χ2n) is 7.20. The summed E-state index contributed by atoms with van der Waals surface area (Å²) in [5, 5.41) is 7.25. The third kappa shape index (κ3) is 2.59. The van der Waals surface area contributed by atoms with Gasteiger partial charge in [0.05, 0.1) is 11.4 Å². The standard InChI is InChI=1S/C18H24N6O/c1-11(2)23-5-6-24-16(10-23)18(25)22(4)15-8-13(9-19-17(15)24)14-7-12(3)20-21-14/h7-9,11,16H,5-6,10H2,1-4H3,(H,20,21). The van der Waals surface area contributed by atoms with Crippen LogP contribution in [0, 0.1) is 6.92 Å². The number of hydrogen-bond acceptors (Lipinski definition) is 5. The first-order chi connectivity index (χ1) is 12.0. The maximum atomic E-state index is 13.0. The van der Waals surface area contributed by atoms with Crippen molar-refractivity contribution in [3.8, 4) is 11.3 Å². The van der Waals surface area contributed by atoms with Crippen molar-refractivity contribution in [3.63, 3.8) is 0 Å². The Kier molecular flexibility index (Phi) is 3.76. The second-order valence-corrected chi connectivity index (χ2v) is 7.20. The lowest BCUT2D eigenvalue weighted by Gasteiger charge is -2.47. The molecule has 4 rings (SSSR count). The number of fused-ring (bicyclic) bond motifs is 3. The molecule has 0 bridgehead atoms. The number of anilines is 2. The summed E-state index contributed by atoms with van der Waals surface area (Å²) in [4.78, 5) is 23.9. The topological polar surface area (TPSA) is 68.4 Å². The maximum absolute atomic E-state index is 13.0. The van der Waals surface area contributed by atoms with Crippen LogP contribution in [0.15, 0.2) is 18.3 Å². The number of aromatic amines is 1. The van der Waals surface area contributed by atoms with E-state index in [1.54, 1.807) is 4.90 Å². The van der Waals surface area contributed by atoms with Crippen LogP contribution in [-0.2, 0) is 4.79 Å². The van der Waals surface area contributed by atoms with Crippen LogP contribution < -0.4 is 9.80 Å². The lowest BCUT2D eigenvalue weighted by atomic mass is 10.0. The fourth-order valence-electron chi connectivity index (χ4n) is 3.70. The Hall–Kier alpha value is -2.41. The summed E-state index contributed by atoms with van der Waals surface area (Å²) >= 11 is 0. The number of pyridine rings is 1. The van der Waals surface area contributed by atoms with Gasteiger partial charge in [0.1, 0.15) is 6.04 Å². The van der Waals surface area contributed by atoms with Crippen molar-refractivity contribution in [2.24, 2.45) is 0 Å². The maximum Gasteiger partial charge on any atom is 0.250 e. The number of aryl methyl sites for hydroxylation is 1. The number of carbonyl (C=O) groups excluding carboxylic acids is 1. The molecule has 2 aliphatic heterocycles. The van der Waals surface area contributed by atoms with Crippen LogP contribution in [0.5, 0.6) is 0 Å². The molecule has 25 heavy (non-hydrogen) atoms. The third-order valence-electron chi connectivity index (χ3n) is 5.24. The average molecular weight is 340 g/mol. The predicted molar refractivity (Wildman–Crippen MR) is 97.8 cm³/mol. The largest absolute Gasteiger partial charge is 0.340 e. The highest BCUT2D eigenvalue weighted by molar-refractivity contribution is 6.05. The van der Waals surface area contributed by atoms with E-state index in [4.69, 9.17) is 4.98 Å². The molecule has 0 spiro atoms. The minimum absolute atomic E-state index is 0.134. The monoisotopic (exact) mass is 340 g/mol. The van der Waals surface area contributed by atoms with Crippen LogP contribution in [0.1, 0.15) is 19.5 Å². The van der Waals surface area contributed by atoms with Crippen molar-refractivity contribution >= 4 is 17.4 Å². The number of carbonyl (C=O) groups is 1. The van der Waals surface area contributed by atoms with Crippen LogP contribution in [0.25, 0.3) is 11.3 Å². The fraction of sp³-hybridized carbons (Fsp3) is 0.500. The van der Waals surface area contributed by atoms with Crippen LogP contribution in [0.3, 0.4) is 0 Å². The summed E-state index contributed by atoms with van der Waals surface area (Å²) in [5.41, 5.74) is 3.63. The second kappa shape index (κ2) is 5.84. The van der Waals surface area contributed by atoms with E-state index in [2.05, 4.69) is 33.8 Å². The Labute approximate surface area is 147 Å². The minimum Gasteiger partial charge on any atom is -0.340 e. The molecule has 1 amide bonds. The quantitative estimate of drug-likeness (QED) is 0.900. The van der Waals surface area contributed by atoms with Crippen LogP contribution in [-0.4, -0.2) is 64.8 Å². The zero-order chi connectivity index (χ0) is 17.7. The molecule has 0 aromatic carbocycles. The van der Waals surface area contributed by atoms with Gasteiger partial charge in [-0.25, -0.2) is 4.98 Å². The van der Waals surface area contributed by atoms with Crippen molar-refractivity contribution in [1.29, 1.82) is 0 Å². The smallest absolute Gasteiger partial charge is 0.250 e. The zero-order valence-electron chi connectivity index (χ0n) is 15.2. The molecule has 1 saturated heterocycles. The number of aromatic nitrogens is 3. The van der Waals surface area contributed by atoms with E-state index < -0.39 is 0 Å². The first kappa shape index (κ1) is 16.1. The van der Waals surface area contributed by atoms with Crippen LogP contribution in [0.4, 0.5) is 11.5 Å². The van der Waals surface area contributed by atoms with Gasteiger partial charge in [-0.2, -0.15) is 5.10 Å². The lowest BCUT2D eigenvalue weighted by Crippen LogP contribution is -2.63. The number of nitrogens with zero attached hydrogens (tertiary/aromatic N) is 5. The van der Waals surface area contributed by atoms with Crippen molar-refractivity contribution in [2.75, 3.05) is 36.5 Å². The van der Waals surface area contributed by atoms with E-state index in [1.165, 1.54) is 0 Å². The highest BCUT2D eigenvalue weighted by Crippen LogP contribution is 2.37. The summed E-state index contributed by atoms with van der Waals surface area (Å²) in [6, 6.07) is 4.29. The molecule has 2 aromatic heterocycles. The van der Waals surface area contributed by atoms with Gasteiger partial charge in [0.2, 0.25) is 0 Å². The van der Waals surface area contributed by atoms with Gasteiger partial charge in [0, 0.05) is 50.2 Å². The Morgan fingerprint density at radius 1 is 1.28 bits per heavy atom. The summed E-state index contributed by atoms with van der Waals surface area (Å²) in [7, 11) is 1.84. The SMILES string of the molecule is Cc1cc(-c2cnc3c(c2)N(C)C(=O)C2CN(C(C)C)CCN32)n[nH]1. The Morgan fingerprint density at radius 3 is 2.76 bits per heavy atom. The van der Waals surface area contributed by atoms with Crippen molar-refractivity contribution in [3.05, 3.63) is 24.0 Å². The van der Waals surface area contributed by atoms with Gasteiger partial charge in [-0.15, -0.1) is 0 Å². The molecule has 1 fully saturated rings. The number of H-pyrrole nitrogens is 1. The molecule has 132 valence electrons. The molecule has 7 heteroatoms. The lowest BCUT2D eigenvalue weighted by molar-refractivity contribution is -0.121. The minimum atomic E-state index is -0.153. The van der Waals surface area contributed by atoms with Crippen LogP contribution in [0.2, 0.25) is 0 Å². The molecule has 1 unspecified atom stereocenters. The van der Waals surface area contributed by atoms with Crippen molar-refractivity contribution < 1.29 is 4.79 Å². The molecule has 1 N–H and O–H groups in total. The predicted octanol–water partition coefficient (Wildman–Crippen LogP) is 1.66. The van der Waals surface area contributed by atoms with E-state index >= 15 is 0 Å². The van der Waals surface area contributed by atoms with Gasteiger partial charge in [-0.05, 0) is 32.9 Å². The molecule has 1 atom stereocenters. The number of hydrogen-bond donors (Lipinski definition) is 1. The summed E-state index contributed by atoms with van der Waals surface area (Å²) < 4.78 is 0. The van der Waals surface area contributed by atoms with E-state index in [-0.39, 0.29) is 11.9 Å². The molecular weight excluding hydrogens is 316 g/mol. The van der Waals surface area contributed by atoms with Crippen molar-refractivity contribution in [2.45, 2.75) is 32.9 Å². The Bertz CT molecular complexity index is 814. The number of amides is 1. The van der Waals surface area contributed by atoms with Crippen molar-refractivity contribution in [1.82, 2.24) is 20.1 Å². The highest BCUT2D eigenvalue weighted by atomic mass is 16.2. The first-order valence-corrected chi connectivity index (χ1v) is 8.76. The first-order valence-electron chi connectivity index (χ1n) is 8.76. The van der Waals surface area contributed by atoms with Gasteiger partial charge >= 0.3 is 0 Å². The average Bonchev–Trinajstić information content (AvgIpc) is 3.05. The zero-order valence-corrected chi connectivity index (χ0v) is 15.2. The molecule has 0 radical (unpaired) electrons. The number of piperazine rings is 1. The number of nitrogens with one attached hydrogen (secondary N) is 1. The molecule has 0 saturated carbocycles. The van der Waals surface area contributed by atoms with Gasteiger partial charge in [0.15, 0.2) is 5.82 Å². The molecule has 4 heterocycles. The molecular formula is C18H24N6O. The van der Waals surface area contributed by atoms with Gasteiger partial charge < -0.3 is 9.80 Å². The summed E-state index contributed by atoms with van der Waals surface area (Å²) in [5.74, 6) is 1.03. The highest BCUT2D eigenvalue weighted by Gasteiger charge is 2.41. The molecule has 7 nitrogen and oxygen atoms in total. The van der Waals surface area contributed by atoms with E-state index in [9.17, 15) is 4.79 Å². The Morgan fingerprint density at radius 2 is 2.08 bits per heavy atom. The van der Waals surface area contributed by atoms with Gasteiger partial charge in [0.25, 0.3) is 5.91 Å². The van der Waals surface area contributed by atoms with E-state index in [1.807, 2.05) is 32.3 Å². The number of likely N-dealkylation sites (N-methyl/N-ethyl adjacent to an activating group) is 1. The molecule has 2 aromatic rings. The number of rotatable bonds is 2. The third-order valence-corrected chi connectivity index (χ3v) is 5.24. The summed E-state index contributed by atoms with van der Waals surface area (Å²) in [6.45, 7) is 8.85. The van der Waals surface area contributed by atoms with E-state index in [0.717, 1.165) is 48.1 Å². The van der Waals surface area contributed by atoms with E-state index in [0.29, 0.717) is 6.04 Å². The Balaban J connectivity index is 1.72. The molecule has 2 aliphatic rings. The summed E-state index contributed by atoms with van der Waals surface area (Å²) in [6.07, 6.45) is 1.85. The van der Waals surface area contributed by atoms with Crippen LogP contribution >= 0.6 is 0 Å². The fourth-order valence-corrected chi connectivity index (χ4v) is 3.70. The van der Waals surface area contributed by atoms with Gasteiger partial charge in [-0.3, -0.25) is 14.8 Å². The van der Waals surface area contributed by atoms with Gasteiger partial charge in [-0.1, -0.05) is 0 Å². The molecule has 0 aliphatic carbocycles. The normalized spacial score (nSPS) is 20.8.